The van der Waals surface area contributed by atoms with Gasteiger partial charge in [-0.3, -0.25) is 0 Å². The van der Waals surface area contributed by atoms with Crippen molar-refractivity contribution < 1.29 is 9.90 Å². The van der Waals surface area contributed by atoms with E-state index in [4.69, 9.17) is 5.11 Å². The van der Waals surface area contributed by atoms with Crippen molar-refractivity contribution in [3.8, 4) is 0 Å². The third-order valence-electron chi connectivity index (χ3n) is 2.39. The molecule has 0 radical (unpaired) electrons. The van der Waals surface area contributed by atoms with Gasteiger partial charge in [-0.25, -0.2) is 4.79 Å². The smallest absolute Gasteiger partial charge is 0.352 e. The second-order valence-corrected chi connectivity index (χ2v) is 3.66. The highest BCUT2D eigenvalue weighted by molar-refractivity contribution is 5.85. The number of aromatic carboxylic acids is 1. The molecule has 0 bridgehead atoms. The number of hydrogen-bond acceptors (Lipinski definition) is 2. The molecule has 0 amide bonds. The number of carboxylic acid groups (broad SMARTS) is 1. The summed E-state index contributed by atoms with van der Waals surface area (Å²) < 4.78 is 1.76. The molecule has 1 rings (SSSR count). The minimum atomic E-state index is -0.874. The van der Waals surface area contributed by atoms with Crippen molar-refractivity contribution in [1.29, 1.82) is 0 Å². The third-order valence-corrected chi connectivity index (χ3v) is 2.39. The molecule has 4 heteroatoms. The first-order chi connectivity index (χ1) is 6.52. The maximum Gasteiger partial charge on any atom is 0.352 e. The Morgan fingerprint density at radius 3 is 2.79 bits per heavy atom. The lowest BCUT2D eigenvalue weighted by molar-refractivity contribution is 0.0683. The molecule has 0 aromatic carbocycles. The minimum Gasteiger partial charge on any atom is -0.477 e. The first-order valence-corrected chi connectivity index (χ1v) is 4.57. The van der Waals surface area contributed by atoms with E-state index in [1.807, 2.05) is 14.1 Å². The maximum absolute atomic E-state index is 10.8. The van der Waals surface area contributed by atoms with Crippen molar-refractivity contribution in [2.45, 2.75) is 19.5 Å². The summed E-state index contributed by atoms with van der Waals surface area (Å²) in [4.78, 5) is 12.9. The normalized spacial score (nSPS) is 13.1. The van der Waals surface area contributed by atoms with Gasteiger partial charge in [-0.1, -0.05) is 0 Å². The number of nitrogens with zero attached hydrogens (tertiary/aromatic N) is 2. The first kappa shape index (κ1) is 10.8. The van der Waals surface area contributed by atoms with Crippen LogP contribution in [0.3, 0.4) is 0 Å². The monoisotopic (exact) mass is 196 g/mol. The van der Waals surface area contributed by atoms with Gasteiger partial charge in [0.2, 0.25) is 0 Å². The Morgan fingerprint density at radius 1 is 1.64 bits per heavy atom. The van der Waals surface area contributed by atoms with Gasteiger partial charge in [-0.15, -0.1) is 0 Å². The van der Waals surface area contributed by atoms with Crippen molar-refractivity contribution in [2.24, 2.45) is 0 Å². The lowest BCUT2D eigenvalue weighted by Gasteiger charge is -2.20. The fourth-order valence-corrected chi connectivity index (χ4v) is 1.22. The third kappa shape index (κ3) is 2.35. The van der Waals surface area contributed by atoms with Crippen LogP contribution < -0.4 is 0 Å². The second kappa shape index (κ2) is 4.28. The molecule has 0 saturated heterocycles. The maximum atomic E-state index is 10.8. The van der Waals surface area contributed by atoms with E-state index in [-0.39, 0.29) is 0 Å². The number of aromatic nitrogens is 1. The van der Waals surface area contributed by atoms with Gasteiger partial charge in [-0.2, -0.15) is 0 Å². The second-order valence-electron chi connectivity index (χ2n) is 3.66. The molecule has 1 heterocycles. The van der Waals surface area contributed by atoms with Crippen LogP contribution in [0.2, 0.25) is 0 Å². The molecule has 78 valence electrons. The Bertz CT molecular complexity index is 318. The Kier molecular flexibility index (Phi) is 3.30. The average Bonchev–Trinajstić information content (AvgIpc) is 2.52. The van der Waals surface area contributed by atoms with E-state index in [1.165, 1.54) is 0 Å². The average molecular weight is 196 g/mol. The fraction of sp³-hybridized carbons (Fsp3) is 0.500. The summed E-state index contributed by atoms with van der Waals surface area (Å²) >= 11 is 0. The van der Waals surface area contributed by atoms with Crippen LogP contribution in [0.15, 0.2) is 18.3 Å². The van der Waals surface area contributed by atoms with Crippen molar-refractivity contribution in [1.82, 2.24) is 9.47 Å². The Balaban J connectivity index is 2.76. The van der Waals surface area contributed by atoms with Gasteiger partial charge in [0.25, 0.3) is 0 Å². The van der Waals surface area contributed by atoms with Gasteiger partial charge in [0, 0.05) is 18.8 Å². The van der Waals surface area contributed by atoms with Crippen LogP contribution in [-0.2, 0) is 6.54 Å². The van der Waals surface area contributed by atoms with E-state index in [0.717, 1.165) is 0 Å². The highest BCUT2D eigenvalue weighted by Crippen LogP contribution is 2.05. The quantitative estimate of drug-likeness (QED) is 0.785. The van der Waals surface area contributed by atoms with Gasteiger partial charge < -0.3 is 14.6 Å². The molecule has 0 aliphatic rings. The van der Waals surface area contributed by atoms with Gasteiger partial charge in [0.15, 0.2) is 0 Å². The van der Waals surface area contributed by atoms with E-state index in [2.05, 4.69) is 11.8 Å². The Morgan fingerprint density at radius 2 is 2.29 bits per heavy atom. The number of carbonyl (C=O) groups is 1. The van der Waals surface area contributed by atoms with E-state index in [9.17, 15) is 4.79 Å². The Hall–Kier alpha value is -1.29. The molecule has 0 aliphatic carbocycles. The molecule has 1 aromatic rings. The summed E-state index contributed by atoms with van der Waals surface area (Å²) in [5, 5.41) is 8.87. The van der Waals surface area contributed by atoms with E-state index in [0.29, 0.717) is 18.3 Å². The fourth-order valence-electron chi connectivity index (χ4n) is 1.22. The molecular weight excluding hydrogens is 180 g/mol. The van der Waals surface area contributed by atoms with Crippen LogP contribution >= 0.6 is 0 Å². The zero-order valence-corrected chi connectivity index (χ0v) is 8.77. The van der Waals surface area contributed by atoms with Gasteiger partial charge in [0.1, 0.15) is 5.69 Å². The molecule has 1 unspecified atom stereocenters. The van der Waals surface area contributed by atoms with Crippen molar-refractivity contribution in [3.63, 3.8) is 0 Å². The molecule has 0 fully saturated rings. The molecular formula is C10H16N2O2. The first-order valence-electron chi connectivity index (χ1n) is 4.57. The van der Waals surface area contributed by atoms with Crippen LogP contribution in [0.25, 0.3) is 0 Å². The highest BCUT2D eigenvalue weighted by atomic mass is 16.4. The van der Waals surface area contributed by atoms with Crippen LogP contribution in [-0.4, -0.2) is 40.7 Å². The van der Waals surface area contributed by atoms with Crippen molar-refractivity contribution >= 4 is 5.97 Å². The molecule has 0 saturated carbocycles. The van der Waals surface area contributed by atoms with Crippen LogP contribution in [0.5, 0.6) is 0 Å². The summed E-state index contributed by atoms with van der Waals surface area (Å²) in [6.45, 7) is 2.76. The summed E-state index contributed by atoms with van der Waals surface area (Å²) in [7, 11) is 3.96. The van der Waals surface area contributed by atoms with Crippen LogP contribution in [0, 0.1) is 0 Å². The number of hydrogen-bond donors (Lipinski definition) is 1. The topological polar surface area (TPSA) is 45.5 Å². The lowest BCUT2D eigenvalue weighted by Crippen LogP contribution is -2.30. The van der Waals surface area contributed by atoms with Crippen molar-refractivity contribution in [2.75, 3.05) is 14.1 Å². The summed E-state index contributed by atoms with van der Waals surface area (Å²) in [5.74, 6) is -0.874. The molecule has 0 aliphatic heterocycles. The SMILES string of the molecule is CC(Cn1cccc1C(=O)O)N(C)C. The summed E-state index contributed by atoms with van der Waals surface area (Å²) in [6, 6.07) is 3.69. The number of rotatable bonds is 4. The molecule has 4 nitrogen and oxygen atoms in total. The standard InChI is InChI=1S/C10H16N2O2/c1-8(11(2)3)7-12-6-4-5-9(12)10(13)14/h4-6,8H,7H2,1-3H3,(H,13,14). The molecule has 1 N–H and O–H groups in total. The van der Waals surface area contributed by atoms with Crippen molar-refractivity contribution in [3.05, 3.63) is 24.0 Å². The van der Waals surface area contributed by atoms with E-state index < -0.39 is 5.97 Å². The zero-order chi connectivity index (χ0) is 10.7. The number of carboxylic acids is 1. The van der Waals surface area contributed by atoms with Gasteiger partial charge in [-0.05, 0) is 33.2 Å². The molecule has 1 aromatic heterocycles. The predicted molar refractivity (Wildman–Crippen MR) is 54.5 cm³/mol. The van der Waals surface area contributed by atoms with Gasteiger partial charge in [0.05, 0.1) is 0 Å². The molecule has 1 atom stereocenters. The van der Waals surface area contributed by atoms with E-state index in [1.54, 1.807) is 22.9 Å². The lowest BCUT2D eigenvalue weighted by atomic mass is 10.3. The largest absolute Gasteiger partial charge is 0.477 e. The molecule has 0 spiro atoms. The predicted octanol–water partition coefficient (Wildman–Crippen LogP) is 1.14. The summed E-state index contributed by atoms with van der Waals surface area (Å²) in [5.41, 5.74) is 0.346. The zero-order valence-electron chi connectivity index (χ0n) is 8.77. The van der Waals surface area contributed by atoms with Crippen LogP contribution in [0.4, 0.5) is 0 Å². The van der Waals surface area contributed by atoms with Gasteiger partial charge >= 0.3 is 5.97 Å². The van der Waals surface area contributed by atoms with E-state index >= 15 is 0 Å². The van der Waals surface area contributed by atoms with Crippen LogP contribution in [0.1, 0.15) is 17.4 Å². The number of likely N-dealkylation sites (N-methyl/N-ethyl adjacent to an activating group) is 1. The minimum absolute atomic E-state index is 0.320. The Labute approximate surface area is 83.8 Å². The molecule has 14 heavy (non-hydrogen) atoms. The highest BCUT2D eigenvalue weighted by Gasteiger charge is 2.11. The summed E-state index contributed by atoms with van der Waals surface area (Å²) in [6.07, 6.45) is 1.80.